The number of hydrogen-bond acceptors (Lipinski definition) is 3. The van der Waals surface area contributed by atoms with Gasteiger partial charge in [-0.1, -0.05) is 25.4 Å². The Bertz CT molecular complexity index is 406. The Morgan fingerprint density at radius 3 is 2.58 bits per heavy atom. The highest BCUT2D eigenvalue weighted by Gasteiger charge is 2.31. The lowest BCUT2D eigenvalue weighted by Crippen LogP contribution is -2.41. The molecule has 1 fully saturated rings. The zero-order chi connectivity index (χ0) is 14.0. The molecule has 2 rings (SSSR count). The third kappa shape index (κ3) is 3.72. The SMILES string of the molecule is CN(C1CCC(C)(C)CC1)C(CN)c1cc(Cl)cs1. The van der Waals surface area contributed by atoms with Crippen molar-refractivity contribution in [2.75, 3.05) is 13.6 Å². The number of likely N-dealkylation sites (N-methyl/N-ethyl adjacent to an activating group) is 1. The van der Waals surface area contributed by atoms with E-state index in [2.05, 4.69) is 31.9 Å². The molecular formula is C15H25ClN2S. The summed E-state index contributed by atoms with van der Waals surface area (Å²) in [5.74, 6) is 0. The van der Waals surface area contributed by atoms with Gasteiger partial charge in [-0.2, -0.15) is 0 Å². The second-order valence-corrected chi connectivity index (χ2v) is 7.86. The Kier molecular flexibility index (Phi) is 4.93. The van der Waals surface area contributed by atoms with Gasteiger partial charge in [-0.25, -0.2) is 0 Å². The normalized spacial score (nSPS) is 21.8. The largest absolute Gasteiger partial charge is 0.329 e. The molecule has 1 unspecified atom stereocenters. The van der Waals surface area contributed by atoms with Crippen LogP contribution in [-0.2, 0) is 0 Å². The van der Waals surface area contributed by atoms with Crippen LogP contribution in [0.2, 0.25) is 5.02 Å². The number of rotatable bonds is 4. The van der Waals surface area contributed by atoms with E-state index < -0.39 is 0 Å². The Morgan fingerprint density at radius 2 is 2.11 bits per heavy atom. The van der Waals surface area contributed by atoms with Crippen molar-refractivity contribution in [3.8, 4) is 0 Å². The summed E-state index contributed by atoms with van der Waals surface area (Å²) in [4.78, 5) is 3.76. The Hall–Kier alpha value is -0.0900. The lowest BCUT2D eigenvalue weighted by molar-refractivity contribution is 0.0978. The zero-order valence-electron chi connectivity index (χ0n) is 12.2. The Morgan fingerprint density at radius 1 is 1.47 bits per heavy atom. The van der Waals surface area contributed by atoms with Crippen LogP contribution < -0.4 is 5.73 Å². The first-order valence-electron chi connectivity index (χ1n) is 7.09. The van der Waals surface area contributed by atoms with Crippen LogP contribution in [-0.4, -0.2) is 24.5 Å². The van der Waals surface area contributed by atoms with E-state index in [0.29, 0.717) is 24.0 Å². The highest BCUT2D eigenvalue weighted by molar-refractivity contribution is 7.10. The summed E-state index contributed by atoms with van der Waals surface area (Å²) in [7, 11) is 2.22. The average molecular weight is 301 g/mol. The van der Waals surface area contributed by atoms with Crippen LogP contribution in [0.25, 0.3) is 0 Å². The van der Waals surface area contributed by atoms with E-state index in [9.17, 15) is 0 Å². The lowest BCUT2D eigenvalue weighted by Gasteiger charge is -2.41. The second kappa shape index (κ2) is 6.13. The molecule has 2 nitrogen and oxygen atoms in total. The van der Waals surface area contributed by atoms with Crippen LogP contribution in [0, 0.1) is 5.41 Å². The molecule has 1 aliphatic carbocycles. The lowest BCUT2D eigenvalue weighted by atomic mass is 9.75. The first-order valence-corrected chi connectivity index (χ1v) is 8.34. The number of hydrogen-bond donors (Lipinski definition) is 1. The summed E-state index contributed by atoms with van der Waals surface area (Å²) in [5.41, 5.74) is 6.51. The third-order valence-corrected chi connectivity index (χ3v) is 5.90. The molecule has 1 aromatic rings. The van der Waals surface area contributed by atoms with E-state index in [-0.39, 0.29) is 0 Å². The predicted octanol–water partition coefficient (Wildman–Crippen LogP) is 4.30. The first kappa shape index (κ1) is 15.3. The molecule has 1 saturated carbocycles. The van der Waals surface area contributed by atoms with Crippen molar-refractivity contribution in [2.24, 2.45) is 11.1 Å². The molecule has 4 heteroatoms. The molecule has 0 saturated heterocycles. The molecule has 0 amide bonds. The monoisotopic (exact) mass is 300 g/mol. The molecule has 108 valence electrons. The van der Waals surface area contributed by atoms with Crippen molar-refractivity contribution in [1.29, 1.82) is 0 Å². The molecule has 0 bridgehead atoms. The van der Waals surface area contributed by atoms with E-state index in [1.54, 1.807) is 11.3 Å². The Labute approximate surface area is 125 Å². The summed E-state index contributed by atoms with van der Waals surface area (Å²) in [6, 6.07) is 3.03. The van der Waals surface area contributed by atoms with Crippen LogP contribution in [0.15, 0.2) is 11.4 Å². The summed E-state index contributed by atoms with van der Waals surface area (Å²) < 4.78 is 0. The maximum atomic E-state index is 6.04. The van der Waals surface area contributed by atoms with Crippen molar-refractivity contribution in [1.82, 2.24) is 4.90 Å². The summed E-state index contributed by atoms with van der Waals surface area (Å²) in [5, 5.41) is 2.83. The van der Waals surface area contributed by atoms with Crippen molar-refractivity contribution >= 4 is 22.9 Å². The Balaban J connectivity index is 2.03. The predicted molar refractivity (Wildman–Crippen MR) is 84.9 cm³/mol. The van der Waals surface area contributed by atoms with Gasteiger partial charge in [0.2, 0.25) is 0 Å². The van der Waals surface area contributed by atoms with Gasteiger partial charge in [0.05, 0.1) is 11.1 Å². The third-order valence-electron chi connectivity index (χ3n) is 4.52. The molecule has 0 spiro atoms. The molecule has 0 aliphatic heterocycles. The van der Waals surface area contributed by atoms with Crippen molar-refractivity contribution in [3.05, 3.63) is 21.3 Å². The maximum absolute atomic E-state index is 6.04. The fourth-order valence-corrected chi connectivity index (χ4v) is 4.28. The molecule has 0 radical (unpaired) electrons. The van der Waals surface area contributed by atoms with Crippen LogP contribution in [0.1, 0.15) is 50.4 Å². The zero-order valence-corrected chi connectivity index (χ0v) is 13.7. The summed E-state index contributed by atoms with van der Waals surface area (Å²) in [6.45, 7) is 5.42. The van der Waals surface area contributed by atoms with Gasteiger partial charge in [0.15, 0.2) is 0 Å². The van der Waals surface area contributed by atoms with Crippen LogP contribution in [0.5, 0.6) is 0 Å². The van der Waals surface area contributed by atoms with E-state index >= 15 is 0 Å². The topological polar surface area (TPSA) is 29.3 Å². The van der Waals surface area contributed by atoms with E-state index in [1.165, 1.54) is 30.6 Å². The van der Waals surface area contributed by atoms with Crippen molar-refractivity contribution in [3.63, 3.8) is 0 Å². The van der Waals surface area contributed by atoms with Crippen LogP contribution in [0.4, 0.5) is 0 Å². The van der Waals surface area contributed by atoms with Gasteiger partial charge >= 0.3 is 0 Å². The average Bonchev–Trinajstić information content (AvgIpc) is 2.76. The molecule has 1 atom stereocenters. The van der Waals surface area contributed by atoms with Gasteiger partial charge in [-0.05, 0) is 44.2 Å². The number of nitrogens with two attached hydrogens (primary N) is 1. The van der Waals surface area contributed by atoms with Gasteiger partial charge in [0, 0.05) is 22.8 Å². The summed E-state index contributed by atoms with van der Waals surface area (Å²) >= 11 is 7.76. The van der Waals surface area contributed by atoms with Gasteiger partial charge in [0.1, 0.15) is 0 Å². The number of halogens is 1. The standard InChI is InChI=1S/C15H25ClN2S/c1-15(2)6-4-12(5-7-15)18(3)13(9-17)14-8-11(16)10-19-14/h8,10,12-13H,4-7,9,17H2,1-3H3. The fraction of sp³-hybridized carbons (Fsp3) is 0.733. The molecule has 1 aromatic heterocycles. The molecular weight excluding hydrogens is 276 g/mol. The smallest absolute Gasteiger partial charge is 0.0564 e. The summed E-state index contributed by atoms with van der Waals surface area (Å²) in [6.07, 6.45) is 5.17. The maximum Gasteiger partial charge on any atom is 0.0564 e. The second-order valence-electron chi connectivity index (χ2n) is 6.48. The van der Waals surface area contributed by atoms with Crippen molar-refractivity contribution < 1.29 is 0 Å². The van der Waals surface area contributed by atoms with Gasteiger partial charge in [0.25, 0.3) is 0 Å². The van der Waals surface area contributed by atoms with Gasteiger partial charge < -0.3 is 5.73 Å². The van der Waals surface area contributed by atoms with E-state index in [1.807, 2.05) is 5.38 Å². The van der Waals surface area contributed by atoms with E-state index in [0.717, 1.165) is 5.02 Å². The molecule has 1 heterocycles. The highest BCUT2D eigenvalue weighted by Crippen LogP contribution is 2.39. The molecule has 2 N–H and O–H groups in total. The van der Waals surface area contributed by atoms with Crippen molar-refractivity contribution in [2.45, 2.75) is 51.6 Å². The number of thiophene rings is 1. The van der Waals surface area contributed by atoms with E-state index in [4.69, 9.17) is 17.3 Å². The van der Waals surface area contributed by atoms with Crippen LogP contribution >= 0.6 is 22.9 Å². The number of nitrogens with zero attached hydrogens (tertiary/aromatic N) is 1. The van der Waals surface area contributed by atoms with Gasteiger partial charge in [-0.15, -0.1) is 11.3 Å². The van der Waals surface area contributed by atoms with Crippen LogP contribution in [0.3, 0.4) is 0 Å². The minimum absolute atomic E-state index is 0.309. The molecule has 1 aliphatic rings. The molecule has 0 aromatic carbocycles. The minimum atomic E-state index is 0.309. The highest BCUT2D eigenvalue weighted by atomic mass is 35.5. The fourth-order valence-electron chi connectivity index (χ4n) is 3.03. The minimum Gasteiger partial charge on any atom is -0.329 e. The quantitative estimate of drug-likeness (QED) is 0.898. The molecule has 19 heavy (non-hydrogen) atoms. The first-order chi connectivity index (χ1) is 8.93. The van der Waals surface area contributed by atoms with Gasteiger partial charge in [-0.3, -0.25) is 4.90 Å².